The first-order valence-electron chi connectivity index (χ1n) is 6.88. The van der Waals surface area contributed by atoms with Crippen molar-refractivity contribution >= 4 is 35.6 Å². The number of urea groups is 1. The Morgan fingerprint density at radius 3 is 2.35 bits per heavy atom. The highest BCUT2D eigenvalue weighted by Crippen LogP contribution is 2.10. The molecule has 0 radical (unpaired) electrons. The third kappa shape index (κ3) is 8.63. The summed E-state index contributed by atoms with van der Waals surface area (Å²) in [4.78, 5) is 34.4. The van der Waals surface area contributed by atoms with Crippen LogP contribution in [0.5, 0.6) is 0 Å². The zero-order valence-electron chi connectivity index (χ0n) is 13.2. The van der Waals surface area contributed by atoms with Crippen LogP contribution in [-0.2, 0) is 14.3 Å². The van der Waals surface area contributed by atoms with Crippen molar-refractivity contribution in [3.05, 3.63) is 40.9 Å². The number of hydrogen-bond donors (Lipinski definition) is 2. The van der Waals surface area contributed by atoms with E-state index < -0.39 is 30.1 Å². The number of amides is 3. The first-order valence-corrected chi connectivity index (χ1v) is 7.26. The third-order valence-electron chi connectivity index (χ3n) is 2.37. The fourth-order valence-corrected chi connectivity index (χ4v) is 1.58. The molecule has 2 N–H and O–H groups in total. The monoisotopic (exact) mass is 338 g/mol. The van der Waals surface area contributed by atoms with Gasteiger partial charge in [0, 0.05) is 16.6 Å². The van der Waals surface area contributed by atoms with Gasteiger partial charge in [0.1, 0.15) is 0 Å². The average molecular weight is 339 g/mol. The molecule has 0 fully saturated rings. The summed E-state index contributed by atoms with van der Waals surface area (Å²) in [7, 11) is 0. The number of nitrogens with one attached hydrogen (secondary N) is 2. The number of carbonyl (C=O) groups is 3. The molecule has 1 rings (SSSR count). The van der Waals surface area contributed by atoms with Crippen molar-refractivity contribution in [1.82, 2.24) is 10.6 Å². The molecule has 0 aliphatic carbocycles. The minimum absolute atomic E-state index is 0.470. The lowest BCUT2D eigenvalue weighted by molar-refractivity contribution is -0.143. The predicted octanol–water partition coefficient (Wildman–Crippen LogP) is 2.52. The molecule has 0 aliphatic rings. The maximum absolute atomic E-state index is 11.5. The summed E-state index contributed by atoms with van der Waals surface area (Å²) >= 11 is 5.75. The van der Waals surface area contributed by atoms with Gasteiger partial charge in [0.05, 0.1) is 0 Å². The van der Waals surface area contributed by atoms with E-state index in [1.807, 2.05) is 0 Å². The van der Waals surface area contributed by atoms with E-state index in [-0.39, 0.29) is 0 Å². The van der Waals surface area contributed by atoms with Crippen molar-refractivity contribution in [3.8, 4) is 0 Å². The maximum Gasteiger partial charge on any atom is 0.331 e. The van der Waals surface area contributed by atoms with E-state index in [2.05, 4.69) is 10.6 Å². The average Bonchev–Trinajstić information content (AvgIpc) is 2.42. The van der Waals surface area contributed by atoms with Crippen LogP contribution in [0.2, 0.25) is 5.02 Å². The van der Waals surface area contributed by atoms with E-state index in [1.54, 1.807) is 45.0 Å². The van der Waals surface area contributed by atoms with Crippen LogP contribution in [-0.4, -0.2) is 30.1 Å². The molecular weight excluding hydrogens is 320 g/mol. The Morgan fingerprint density at radius 1 is 1.17 bits per heavy atom. The molecule has 0 bridgehead atoms. The van der Waals surface area contributed by atoms with Crippen LogP contribution in [0.3, 0.4) is 0 Å². The summed E-state index contributed by atoms with van der Waals surface area (Å²) in [6.07, 6.45) is 2.72. The van der Waals surface area contributed by atoms with Crippen LogP contribution in [0.4, 0.5) is 4.79 Å². The van der Waals surface area contributed by atoms with Gasteiger partial charge in [-0.2, -0.15) is 0 Å². The molecule has 0 saturated heterocycles. The summed E-state index contributed by atoms with van der Waals surface area (Å²) in [5, 5.41) is 5.21. The van der Waals surface area contributed by atoms with Gasteiger partial charge in [-0.05, 0) is 44.5 Å². The van der Waals surface area contributed by atoms with Crippen LogP contribution in [0.1, 0.15) is 26.3 Å². The number of imide groups is 1. The van der Waals surface area contributed by atoms with Gasteiger partial charge in [0.2, 0.25) is 0 Å². The minimum Gasteiger partial charge on any atom is -0.452 e. The first kappa shape index (κ1) is 18.7. The largest absolute Gasteiger partial charge is 0.452 e. The number of esters is 1. The lowest BCUT2D eigenvalue weighted by Gasteiger charge is -2.20. The van der Waals surface area contributed by atoms with Crippen molar-refractivity contribution in [2.24, 2.45) is 0 Å². The molecule has 3 amide bonds. The van der Waals surface area contributed by atoms with Crippen molar-refractivity contribution < 1.29 is 19.1 Å². The van der Waals surface area contributed by atoms with E-state index in [0.29, 0.717) is 5.02 Å². The first-order chi connectivity index (χ1) is 10.7. The normalized spacial score (nSPS) is 11.1. The fraction of sp³-hybridized carbons (Fsp3) is 0.312. The summed E-state index contributed by atoms with van der Waals surface area (Å²) in [5.41, 5.74) is 0.294. The lowest BCUT2D eigenvalue weighted by atomic mass is 10.1. The molecule has 6 nitrogen and oxygen atoms in total. The lowest BCUT2D eigenvalue weighted by Crippen LogP contribution is -2.49. The Hall–Kier alpha value is -2.34. The molecule has 0 aromatic heterocycles. The van der Waals surface area contributed by atoms with Crippen molar-refractivity contribution in [2.75, 3.05) is 6.61 Å². The molecule has 0 unspecified atom stereocenters. The highest BCUT2D eigenvalue weighted by molar-refractivity contribution is 6.30. The molecule has 124 valence electrons. The zero-order chi connectivity index (χ0) is 17.5. The molecule has 0 atom stereocenters. The van der Waals surface area contributed by atoms with Crippen LogP contribution in [0, 0.1) is 0 Å². The Kier molecular flexibility index (Phi) is 6.78. The van der Waals surface area contributed by atoms with Crippen LogP contribution < -0.4 is 10.6 Å². The molecule has 7 heteroatoms. The van der Waals surface area contributed by atoms with E-state index in [1.165, 1.54) is 12.2 Å². The molecule has 23 heavy (non-hydrogen) atoms. The second-order valence-corrected chi connectivity index (χ2v) is 6.18. The fourth-order valence-electron chi connectivity index (χ4n) is 1.46. The minimum atomic E-state index is -0.708. The quantitative estimate of drug-likeness (QED) is 0.652. The molecule has 0 aliphatic heterocycles. The molecule has 0 saturated carbocycles. The number of benzene rings is 1. The number of ether oxygens (including phenoxy) is 1. The van der Waals surface area contributed by atoms with Gasteiger partial charge in [0.25, 0.3) is 5.91 Å². The smallest absolute Gasteiger partial charge is 0.331 e. The molecule has 0 spiro atoms. The molecule has 1 aromatic rings. The Bertz CT molecular complexity index is 604. The highest BCUT2D eigenvalue weighted by atomic mass is 35.5. The van der Waals surface area contributed by atoms with Crippen molar-refractivity contribution in [3.63, 3.8) is 0 Å². The molecule has 1 aromatic carbocycles. The second kappa shape index (κ2) is 8.33. The van der Waals surface area contributed by atoms with Gasteiger partial charge in [-0.1, -0.05) is 23.7 Å². The Labute approximate surface area is 139 Å². The topological polar surface area (TPSA) is 84.5 Å². The highest BCUT2D eigenvalue weighted by Gasteiger charge is 2.16. The zero-order valence-corrected chi connectivity index (χ0v) is 13.9. The van der Waals surface area contributed by atoms with Crippen LogP contribution in [0.25, 0.3) is 6.08 Å². The van der Waals surface area contributed by atoms with Crippen molar-refractivity contribution in [2.45, 2.75) is 26.3 Å². The third-order valence-corrected chi connectivity index (χ3v) is 2.62. The second-order valence-electron chi connectivity index (χ2n) is 5.74. The standard InChI is InChI=1S/C16H19ClN2O4/c1-16(2,3)19-15(22)18-13(20)10-23-14(21)9-6-11-4-7-12(17)8-5-11/h4-9H,10H2,1-3H3,(H2,18,19,20,22)/b9-6+. The maximum atomic E-state index is 11.5. The number of carbonyl (C=O) groups excluding carboxylic acids is 3. The van der Waals surface area contributed by atoms with Gasteiger partial charge in [-0.15, -0.1) is 0 Å². The van der Waals surface area contributed by atoms with Gasteiger partial charge >= 0.3 is 12.0 Å². The number of hydrogen-bond acceptors (Lipinski definition) is 4. The molecular formula is C16H19ClN2O4. The summed E-state index contributed by atoms with van der Waals surface area (Å²) in [6, 6.07) is 6.20. The predicted molar refractivity (Wildman–Crippen MR) is 87.9 cm³/mol. The van der Waals surface area contributed by atoms with Gasteiger partial charge in [-0.3, -0.25) is 10.1 Å². The van der Waals surface area contributed by atoms with Gasteiger partial charge in [-0.25, -0.2) is 9.59 Å². The number of rotatable bonds is 4. The Morgan fingerprint density at radius 2 is 1.78 bits per heavy atom. The van der Waals surface area contributed by atoms with E-state index in [0.717, 1.165) is 5.56 Å². The van der Waals surface area contributed by atoms with E-state index >= 15 is 0 Å². The Balaban J connectivity index is 2.36. The van der Waals surface area contributed by atoms with Crippen molar-refractivity contribution in [1.29, 1.82) is 0 Å². The van der Waals surface area contributed by atoms with Crippen LogP contribution >= 0.6 is 11.6 Å². The van der Waals surface area contributed by atoms with Gasteiger partial charge < -0.3 is 10.1 Å². The summed E-state index contributed by atoms with van der Waals surface area (Å²) in [5.74, 6) is -1.40. The molecule has 0 heterocycles. The van der Waals surface area contributed by atoms with E-state index in [4.69, 9.17) is 16.3 Å². The van der Waals surface area contributed by atoms with E-state index in [9.17, 15) is 14.4 Å². The van der Waals surface area contributed by atoms with Gasteiger partial charge in [0.15, 0.2) is 6.61 Å². The SMILES string of the molecule is CC(C)(C)NC(=O)NC(=O)COC(=O)/C=C/c1ccc(Cl)cc1. The van der Waals surface area contributed by atoms with Crippen LogP contribution in [0.15, 0.2) is 30.3 Å². The number of halogens is 1. The summed E-state index contributed by atoms with van der Waals surface area (Å²) in [6.45, 7) is 4.79. The summed E-state index contributed by atoms with van der Waals surface area (Å²) < 4.78 is 4.74.